The second-order valence-electron chi connectivity index (χ2n) is 5.56. The number of nitriles is 1. The van der Waals surface area contributed by atoms with Crippen LogP contribution in [-0.2, 0) is 0 Å². The second kappa shape index (κ2) is 9.02. The lowest BCUT2D eigenvalue weighted by atomic mass is 9.95. The summed E-state index contributed by atoms with van der Waals surface area (Å²) in [5, 5.41) is 9.35. The normalized spacial score (nSPS) is 12.4. The smallest absolute Gasteiger partial charge is 0.118 e. The molecule has 0 fully saturated rings. The van der Waals surface area contributed by atoms with E-state index in [2.05, 4.69) is 39.0 Å². The summed E-state index contributed by atoms with van der Waals surface area (Å²) in [6.07, 6.45) is 7.35. The van der Waals surface area contributed by atoms with Gasteiger partial charge in [-0.15, -0.1) is 0 Å². The van der Waals surface area contributed by atoms with Crippen LogP contribution in [-0.4, -0.2) is 7.11 Å². The number of ether oxygens (including phenoxy) is 1. The molecule has 1 atom stereocenters. The molecule has 2 heteroatoms. The first kappa shape index (κ1) is 17.0. The number of nitrogens with zero attached hydrogens (tertiary/aromatic N) is 1. The van der Waals surface area contributed by atoms with E-state index in [1.165, 1.54) is 11.1 Å². The first-order valence-electron chi connectivity index (χ1n) is 7.39. The summed E-state index contributed by atoms with van der Waals surface area (Å²) >= 11 is 0. The molecule has 1 rings (SSSR count). The van der Waals surface area contributed by atoms with E-state index in [1.807, 2.05) is 24.3 Å². The fraction of sp³-hybridized carbons (Fsp3) is 0.421. The third-order valence-corrected chi connectivity index (χ3v) is 3.47. The van der Waals surface area contributed by atoms with Gasteiger partial charge in [-0.1, -0.05) is 35.4 Å². The van der Waals surface area contributed by atoms with E-state index in [9.17, 15) is 5.26 Å². The number of hydrogen-bond donors (Lipinski definition) is 0. The molecule has 0 aromatic heterocycles. The summed E-state index contributed by atoms with van der Waals surface area (Å²) in [6.45, 7) is 6.38. The lowest BCUT2D eigenvalue weighted by molar-refractivity contribution is 0.414. The monoisotopic (exact) mass is 283 g/mol. The molecule has 21 heavy (non-hydrogen) atoms. The molecule has 0 spiro atoms. The van der Waals surface area contributed by atoms with Crippen molar-refractivity contribution < 1.29 is 4.74 Å². The average Bonchev–Trinajstić information content (AvgIpc) is 2.48. The van der Waals surface area contributed by atoms with Gasteiger partial charge in [-0.2, -0.15) is 5.26 Å². The lowest BCUT2D eigenvalue weighted by Gasteiger charge is -2.08. The molecule has 112 valence electrons. The van der Waals surface area contributed by atoms with Gasteiger partial charge in [0, 0.05) is 0 Å². The Morgan fingerprint density at radius 2 is 1.86 bits per heavy atom. The Balaban J connectivity index is 2.61. The van der Waals surface area contributed by atoms with Gasteiger partial charge < -0.3 is 4.74 Å². The number of methoxy groups -OCH3 is 1. The predicted octanol–water partition coefficient (Wildman–Crippen LogP) is 5.39. The third-order valence-electron chi connectivity index (χ3n) is 3.47. The lowest BCUT2D eigenvalue weighted by Crippen LogP contribution is -1.95. The van der Waals surface area contributed by atoms with Crippen LogP contribution in [0.4, 0.5) is 0 Å². The van der Waals surface area contributed by atoms with Gasteiger partial charge in [-0.3, -0.25) is 0 Å². The summed E-state index contributed by atoms with van der Waals surface area (Å²) in [5.74, 6) is 0.734. The molecule has 0 bridgehead atoms. The zero-order chi connectivity index (χ0) is 15.7. The predicted molar refractivity (Wildman–Crippen MR) is 88.4 cm³/mol. The van der Waals surface area contributed by atoms with E-state index in [-0.39, 0.29) is 5.92 Å². The second-order valence-corrected chi connectivity index (χ2v) is 5.56. The zero-order valence-corrected chi connectivity index (χ0v) is 13.5. The Kier molecular flexibility index (Phi) is 7.32. The molecule has 1 aromatic rings. The van der Waals surface area contributed by atoms with Crippen LogP contribution in [0.25, 0.3) is 0 Å². The van der Waals surface area contributed by atoms with Crippen LogP contribution in [0.5, 0.6) is 5.75 Å². The molecule has 1 aromatic carbocycles. The Morgan fingerprint density at radius 1 is 1.19 bits per heavy atom. The van der Waals surface area contributed by atoms with Crippen molar-refractivity contribution >= 4 is 0 Å². The number of rotatable bonds is 7. The van der Waals surface area contributed by atoms with Crippen LogP contribution in [0.3, 0.4) is 0 Å². The van der Waals surface area contributed by atoms with E-state index in [1.54, 1.807) is 7.11 Å². The summed E-state index contributed by atoms with van der Waals surface area (Å²) in [7, 11) is 1.65. The maximum atomic E-state index is 9.35. The quantitative estimate of drug-likeness (QED) is 0.629. The zero-order valence-electron chi connectivity index (χ0n) is 13.5. The minimum absolute atomic E-state index is 0.0886. The Bertz CT molecular complexity index is 528. The molecule has 0 radical (unpaired) electrons. The SMILES string of the molecule is COc1ccc(C(C#N)C/C=C(\C)CCC=C(C)C)cc1. The van der Waals surface area contributed by atoms with Gasteiger partial charge in [-0.25, -0.2) is 0 Å². The molecule has 0 N–H and O–H groups in total. The molecule has 0 saturated heterocycles. The maximum absolute atomic E-state index is 9.35. The van der Waals surface area contributed by atoms with Crippen molar-refractivity contribution in [3.8, 4) is 11.8 Å². The number of hydrogen-bond acceptors (Lipinski definition) is 2. The molecule has 0 saturated carbocycles. The minimum Gasteiger partial charge on any atom is -0.497 e. The molecule has 0 heterocycles. The fourth-order valence-corrected chi connectivity index (χ4v) is 2.11. The first-order chi connectivity index (χ1) is 10.1. The maximum Gasteiger partial charge on any atom is 0.118 e. The molecular weight excluding hydrogens is 258 g/mol. The van der Waals surface area contributed by atoms with E-state index in [0.29, 0.717) is 0 Å². The highest BCUT2D eigenvalue weighted by molar-refractivity contribution is 5.32. The largest absolute Gasteiger partial charge is 0.497 e. The molecule has 0 aliphatic rings. The highest BCUT2D eigenvalue weighted by Gasteiger charge is 2.09. The van der Waals surface area contributed by atoms with Crippen LogP contribution >= 0.6 is 0 Å². The van der Waals surface area contributed by atoms with Gasteiger partial charge in [0.05, 0.1) is 19.1 Å². The van der Waals surface area contributed by atoms with Crippen LogP contribution in [0.1, 0.15) is 51.5 Å². The van der Waals surface area contributed by atoms with Crippen LogP contribution in [0.15, 0.2) is 47.6 Å². The standard InChI is InChI=1S/C19H25NO/c1-15(2)6-5-7-16(3)8-9-18(14-20)17-10-12-19(21-4)13-11-17/h6,8,10-13,18H,5,7,9H2,1-4H3/b16-8+. The van der Waals surface area contributed by atoms with Crippen molar-refractivity contribution in [2.45, 2.75) is 46.0 Å². The van der Waals surface area contributed by atoms with Gasteiger partial charge in [0.25, 0.3) is 0 Å². The molecule has 2 nitrogen and oxygen atoms in total. The van der Waals surface area contributed by atoms with E-state index in [4.69, 9.17) is 4.74 Å². The van der Waals surface area contributed by atoms with Crippen LogP contribution in [0, 0.1) is 11.3 Å². The number of allylic oxidation sites excluding steroid dienone is 4. The topological polar surface area (TPSA) is 33.0 Å². The summed E-state index contributed by atoms with van der Waals surface area (Å²) in [4.78, 5) is 0. The Hall–Kier alpha value is -2.01. The number of benzene rings is 1. The van der Waals surface area contributed by atoms with Gasteiger partial charge >= 0.3 is 0 Å². The fourth-order valence-electron chi connectivity index (χ4n) is 2.11. The minimum atomic E-state index is -0.0886. The van der Waals surface area contributed by atoms with Gasteiger partial charge in [-0.05, 0) is 57.7 Å². The Morgan fingerprint density at radius 3 is 2.38 bits per heavy atom. The van der Waals surface area contributed by atoms with Gasteiger partial charge in [0.1, 0.15) is 5.75 Å². The highest BCUT2D eigenvalue weighted by Crippen LogP contribution is 2.23. The van der Waals surface area contributed by atoms with E-state index >= 15 is 0 Å². The highest BCUT2D eigenvalue weighted by atomic mass is 16.5. The van der Waals surface area contributed by atoms with Crippen LogP contribution < -0.4 is 4.74 Å². The average molecular weight is 283 g/mol. The van der Waals surface area contributed by atoms with E-state index in [0.717, 1.165) is 30.6 Å². The van der Waals surface area contributed by atoms with Gasteiger partial charge in [0.2, 0.25) is 0 Å². The first-order valence-corrected chi connectivity index (χ1v) is 7.39. The van der Waals surface area contributed by atoms with Crippen molar-refractivity contribution in [3.05, 3.63) is 53.1 Å². The van der Waals surface area contributed by atoms with Crippen LogP contribution in [0.2, 0.25) is 0 Å². The molecule has 0 aliphatic carbocycles. The molecule has 0 amide bonds. The van der Waals surface area contributed by atoms with Crippen molar-refractivity contribution in [1.82, 2.24) is 0 Å². The van der Waals surface area contributed by atoms with Crippen molar-refractivity contribution in [3.63, 3.8) is 0 Å². The summed E-state index contributed by atoms with van der Waals surface area (Å²) in [6, 6.07) is 10.1. The summed E-state index contributed by atoms with van der Waals surface area (Å²) < 4.78 is 5.14. The summed E-state index contributed by atoms with van der Waals surface area (Å²) in [5.41, 5.74) is 3.75. The molecule has 0 aliphatic heterocycles. The van der Waals surface area contributed by atoms with Crippen molar-refractivity contribution in [2.75, 3.05) is 7.11 Å². The van der Waals surface area contributed by atoms with E-state index < -0.39 is 0 Å². The van der Waals surface area contributed by atoms with Gasteiger partial charge in [0.15, 0.2) is 0 Å². The van der Waals surface area contributed by atoms with Crippen molar-refractivity contribution in [1.29, 1.82) is 5.26 Å². The Labute approximate surface area is 128 Å². The molecular formula is C19H25NO. The molecule has 1 unspecified atom stereocenters. The van der Waals surface area contributed by atoms with Crippen molar-refractivity contribution in [2.24, 2.45) is 0 Å². The third kappa shape index (κ3) is 6.31.